The molecule has 1 aromatic carbocycles. The monoisotopic (exact) mass is 482 g/mol. The molecule has 0 aromatic heterocycles. The summed E-state index contributed by atoms with van der Waals surface area (Å²) in [7, 11) is 0. The third kappa shape index (κ3) is 3.37. The van der Waals surface area contributed by atoms with Gasteiger partial charge in [-0.2, -0.15) is 0 Å². The van der Waals surface area contributed by atoms with Crippen LogP contribution in [0.15, 0.2) is 28.7 Å². The van der Waals surface area contributed by atoms with E-state index in [1.807, 2.05) is 0 Å². The highest BCUT2D eigenvalue weighted by Crippen LogP contribution is 2.55. The second-order valence-corrected chi connectivity index (χ2v) is 10.4. The number of ketones is 4. The van der Waals surface area contributed by atoms with Gasteiger partial charge in [-0.05, 0) is 56.6 Å². The van der Waals surface area contributed by atoms with Gasteiger partial charge in [-0.25, -0.2) is 0 Å². The molecule has 8 nitrogen and oxygen atoms in total. The molecule has 0 fully saturated rings. The zero-order chi connectivity index (χ0) is 26.1. The van der Waals surface area contributed by atoms with Gasteiger partial charge in [0.1, 0.15) is 28.6 Å². The van der Waals surface area contributed by atoms with E-state index in [4.69, 9.17) is 0 Å². The van der Waals surface area contributed by atoms with Crippen LogP contribution in [0.2, 0.25) is 0 Å². The van der Waals surface area contributed by atoms with Crippen LogP contribution in [0.3, 0.4) is 0 Å². The fraction of sp³-hybridized carbons (Fsp3) is 0.481. The Morgan fingerprint density at radius 3 is 2.31 bits per heavy atom. The predicted octanol–water partition coefficient (Wildman–Crippen LogP) is 3.01. The zero-order valence-corrected chi connectivity index (χ0v) is 20.4. The molecule has 0 radical (unpaired) electrons. The van der Waals surface area contributed by atoms with Gasteiger partial charge in [0, 0.05) is 29.4 Å². The molecule has 4 atom stereocenters. The molecule has 4 rings (SSSR count). The summed E-state index contributed by atoms with van der Waals surface area (Å²) in [6, 6.07) is 1.67. The molecule has 0 saturated carbocycles. The van der Waals surface area contributed by atoms with Crippen LogP contribution in [0, 0.1) is 30.6 Å². The molecule has 0 amide bonds. The van der Waals surface area contributed by atoms with Crippen LogP contribution in [0.4, 0.5) is 0 Å². The number of aliphatic hydroxyl groups is 3. The average molecular weight is 483 g/mol. The number of hydrogen-bond acceptors (Lipinski definition) is 8. The molecule has 3 aliphatic rings. The van der Waals surface area contributed by atoms with E-state index in [2.05, 4.69) is 0 Å². The van der Waals surface area contributed by atoms with Crippen LogP contribution >= 0.6 is 0 Å². The number of fused-ring (bicyclic) bond motifs is 3. The lowest BCUT2D eigenvalue weighted by Crippen LogP contribution is -2.60. The van der Waals surface area contributed by atoms with Gasteiger partial charge in [0.15, 0.2) is 17.2 Å². The molecule has 1 aromatic rings. The van der Waals surface area contributed by atoms with Gasteiger partial charge in [-0.15, -0.1) is 0 Å². The number of aromatic hydroxyl groups is 1. The Bertz CT molecular complexity index is 1260. The van der Waals surface area contributed by atoms with Crippen molar-refractivity contribution in [2.24, 2.45) is 23.7 Å². The Balaban J connectivity index is 1.96. The highest BCUT2D eigenvalue weighted by Gasteiger charge is 2.62. The predicted molar refractivity (Wildman–Crippen MR) is 125 cm³/mol. The minimum atomic E-state index is -2.55. The van der Waals surface area contributed by atoms with Crippen LogP contribution < -0.4 is 0 Å². The summed E-state index contributed by atoms with van der Waals surface area (Å²) in [5.74, 6) is -6.96. The maximum absolute atomic E-state index is 13.7. The zero-order valence-electron chi connectivity index (χ0n) is 20.4. The number of Topliss-reactive ketones (excluding diaryl/α,β-unsaturated/α-hetero) is 4. The van der Waals surface area contributed by atoms with E-state index in [1.54, 1.807) is 26.8 Å². The Morgan fingerprint density at radius 2 is 1.77 bits per heavy atom. The average Bonchev–Trinajstić information content (AvgIpc) is 2.73. The fourth-order valence-electron chi connectivity index (χ4n) is 6.32. The molecule has 186 valence electrons. The number of allylic oxidation sites excluding steroid dienone is 2. The van der Waals surface area contributed by atoms with Gasteiger partial charge >= 0.3 is 0 Å². The van der Waals surface area contributed by atoms with Gasteiger partial charge in [-0.3, -0.25) is 19.2 Å². The first-order valence-corrected chi connectivity index (χ1v) is 11.8. The number of benzene rings is 1. The fourth-order valence-corrected chi connectivity index (χ4v) is 6.32. The standard InChI is InChI=1S/C27H30O8/c1-10(2)18-17-9-14-8-16-11(3)6-15(7-12(4)28)22(30)21(16)24(32)20(14)26(34)27(17,35)25(33)19(13(5)29)23(18)31/h6,10,14,17-18,30-31,34-35H,7-9H2,1-5H3/t14?,17?,18?,27-/m0/s1. The molecule has 3 unspecified atom stereocenters. The van der Waals surface area contributed by atoms with E-state index in [9.17, 15) is 39.6 Å². The second-order valence-electron chi connectivity index (χ2n) is 10.4. The Labute approximate surface area is 203 Å². The quantitative estimate of drug-likeness (QED) is 0.479. The number of phenolic OH excluding ortho intramolecular Hbond substituents is 1. The Morgan fingerprint density at radius 1 is 1.14 bits per heavy atom. The van der Waals surface area contributed by atoms with Crippen LogP contribution in [0.25, 0.3) is 0 Å². The highest BCUT2D eigenvalue weighted by atomic mass is 16.3. The molecule has 0 saturated heterocycles. The molecule has 0 bridgehead atoms. The number of hydrogen-bond donors (Lipinski definition) is 4. The van der Waals surface area contributed by atoms with Crippen LogP contribution in [-0.4, -0.2) is 49.2 Å². The van der Waals surface area contributed by atoms with Crippen molar-refractivity contribution in [1.29, 1.82) is 0 Å². The van der Waals surface area contributed by atoms with Gasteiger partial charge in [0.05, 0.1) is 5.56 Å². The van der Waals surface area contributed by atoms with Gasteiger partial charge < -0.3 is 20.4 Å². The largest absolute Gasteiger partial charge is 0.511 e. The molecule has 3 aliphatic carbocycles. The van der Waals surface area contributed by atoms with Gasteiger partial charge in [-0.1, -0.05) is 19.9 Å². The number of aryl methyl sites for hydroxylation is 1. The lowest BCUT2D eigenvalue weighted by atomic mass is 9.55. The van der Waals surface area contributed by atoms with E-state index in [1.165, 1.54) is 6.92 Å². The molecule has 0 aliphatic heterocycles. The summed E-state index contributed by atoms with van der Waals surface area (Å²) in [5, 5.41) is 44.7. The van der Waals surface area contributed by atoms with Crippen LogP contribution in [-0.2, 0) is 27.2 Å². The molecular weight excluding hydrogens is 452 g/mol. The highest BCUT2D eigenvalue weighted by molar-refractivity contribution is 6.25. The van der Waals surface area contributed by atoms with Crippen molar-refractivity contribution >= 4 is 23.1 Å². The van der Waals surface area contributed by atoms with Crippen molar-refractivity contribution in [3.05, 3.63) is 51.0 Å². The smallest absolute Gasteiger partial charge is 0.209 e. The van der Waals surface area contributed by atoms with E-state index in [0.717, 1.165) is 6.92 Å². The Hall–Kier alpha value is -3.26. The number of aliphatic hydroxyl groups excluding tert-OH is 2. The molecule has 0 spiro atoms. The SMILES string of the molecule is CC(=O)Cc1cc(C)c2c(c1O)C(=O)C1=C(O)[C@@]3(O)C(=O)C(C(C)=O)=C(O)C(C(C)C)C3CC1C2. The maximum Gasteiger partial charge on any atom is 0.209 e. The molecule has 35 heavy (non-hydrogen) atoms. The summed E-state index contributed by atoms with van der Waals surface area (Å²) in [5.41, 5.74) is -1.76. The van der Waals surface area contributed by atoms with Crippen molar-refractivity contribution in [2.75, 3.05) is 0 Å². The molecule has 4 N–H and O–H groups in total. The lowest BCUT2D eigenvalue weighted by molar-refractivity contribution is -0.149. The number of carbonyl (C=O) groups is 4. The van der Waals surface area contributed by atoms with E-state index in [-0.39, 0.29) is 53.4 Å². The van der Waals surface area contributed by atoms with E-state index < -0.39 is 57.8 Å². The normalized spacial score (nSPS) is 28.1. The summed E-state index contributed by atoms with van der Waals surface area (Å²) >= 11 is 0. The third-order valence-electron chi connectivity index (χ3n) is 7.82. The first kappa shape index (κ1) is 24.9. The molecular formula is C27H30O8. The van der Waals surface area contributed by atoms with Crippen LogP contribution in [0.1, 0.15) is 61.2 Å². The van der Waals surface area contributed by atoms with Crippen molar-refractivity contribution in [1.82, 2.24) is 0 Å². The van der Waals surface area contributed by atoms with Gasteiger partial charge in [0.25, 0.3) is 0 Å². The summed E-state index contributed by atoms with van der Waals surface area (Å²) < 4.78 is 0. The summed E-state index contributed by atoms with van der Waals surface area (Å²) in [6.45, 7) is 7.81. The lowest BCUT2D eigenvalue weighted by Gasteiger charge is -2.50. The van der Waals surface area contributed by atoms with E-state index in [0.29, 0.717) is 11.1 Å². The van der Waals surface area contributed by atoms with Crippen molar-refractivity contribution in [3.8, 4) is 5.75 Å². The summed E-state index contributed by atoms with van der Waals surface area (Å²) in [4.78, 5) is 51.0. The first-order valence-electron chi connectivity index (χ1n) is 11.8. The molecule has 8 heteroatoms. The van der Waals surface area contributed by atoms with E-state index >= 15 is 0 Å². The molecule has 0 heterocycles. The van der Waals surface area contributed by atoms with Crippen molar-refractivity contribution in [3.63, 3.8) is 0 Å². The maximum atomic E-state index is 13.7. The topological polar surface area (TPSA) is 149 Å². The first-order chi connectivity index (χ1) is 16.2. The number of carbonyl (C=O) groups excluding carboxylic acids is 4. The second kappa shape index (κ2) is 8.16. The van der Waals surface area contributed by atoms with Crippen molar-refractivity contribution < 1.29 is 39.6 Å². The minimum absolute atomic E-state index is 0.0463. The van der Waals surface area contributed by atoms with Crippen LogP contribution in [0.5, 0.6) is 5.75 Å². The van der Waals surface area contributed by atoms with Crippen molar-refractivity contribution in [2.45, 2.75) is 59.5 Å². The third-order valence-corrected chi connectivity index (χ3v) is 7.82. The van der Waals surface area contributed by atoms with Gasteiger partial charge in [0.2, 0.25) is 5.78 Å². The number of phenols is 1. The summed E-state index contributed by atoms with van der Waals surface area (Å²) in [6.07, 6.45) is 0.296. The Kier molecular flexibility index (Phi) is 5.79. The minimum Gasteiger partial charge on any atom is -0.511 e. The number of rotatable bonds is 4.